The van der Waals surface area contributed by atoms with E-state index in [9.17, 15) is 0 Å². The van der Waals surface area contributed by atoms with E-state index in [0.29, 0.717) is 17.7 Å². The zero-order valence-corrected chi connectivity index (χ0v) is 15.2. The molecule has 0 aliphatic carbocycles. The largest absolute Gasteiger partial charge is 0.459 e. The lowest BCUT2D eigenvalue weighted by atomic mass is 9.96. The van der Waals surface area contributed by atoms with E-state index < -0.39 is 0 Å². The quantitative estimate of drug-likeness (QED) is 0.648. The van der Waals surface area contributed by atoms with Crippen molar-refractivity contribution in [3.8, 4) is 11.7 Å². The van der Waals surface area contributed by atoms with Gasteiger partial charge in [0.2, 0.25) is 0 Å². The maximum atomic E-state index is 5.82. The Bertz CT molecular complexity index is 811. The molecule has 26 heavy (non-hydrogen) atoms. The Kier molecular flexibility index (Phi) is 5.16. The van der Waals surface area contributed by atoms with Crippen molar-refractivity contribution in [2.75, 3.05) is 6.54 Å². The first-order valence-electron chi connectivity index (χ1n) is 9.44. The molecule has 5 heteroatoms. The summed E-state index contributed by atoms with van der Waals surface area (Å²) in [5, 5.41) is 0. The van der Waals surface area contributed by atoms with Gasteiger partial charge in [-0.15, -0.1) is 0 Å². The van der Waals surface area contributed by atoms with Gasteiger partial charge in [0.1, 0.15) is 5.76 Å². The number of furan rings is 1. The zero-order valence-electron chi connectivity index (χ0n) is 15.2. The van der Waals surface area contributed by atoms with Gasteiger partial charge in [0.15, 0.2) is 5.76 Å². The van der Waals surface area contributed by atoms with Crippen LogP contribution in [-0.4, -0.2) is 27.5 Å². The highest BCUT2D eigenvalue weighted by molar-refractivity contribution is 5.44. The van der Waals surface area contributed by atoms with Gasteiger partial charge in [0.25, 0.3) is 5.89 Å². The van der Waals surface area contributed by atoms with E-state index in [4.69, 9.17) is 8.83 Å². The summed E-state index contributed by atoms with van der Waals surface area (Å²) in [4.78, 5) is 11.7. The summed E-state index contributed by atoms with van der Waals surface area (Å²) in [6, 6.07) is 10.5. The van der Waals surface area contributed by atoms with Crippen molar-refractivity contribution >= 4 is 0 Å². The number of piperidine rings is 1. The number of aromatic nitrogens is 2. The number of oxazole rings is 1. The third-order valence-corrected chi connectivity index (χ3v) is 5.19. The maximum absolute atomic E-state index is 5.82. The minimum absolute atomic E-state index is 0.574. The van der Waals surface area contributed by atoms with Crippen LogP contribution in [0.25, 0.3) is 11.7 Å². The van der Waals surface area contributed by atoms with E-state index in [1.54, 1.807) is 6.26 Å². The Hall–Kier alpha value is -2.40. The molecule has 1 aliphatic heterocycles. The van der Waals surface area contributed by atoms with Crippen LogP contribution in [0.5, 0.6) is 0 Å². The lowest BCUT2D eigenvalue weighted by molar-refractivity contribution is 0.130. The maximum Gasteiger partial charge on any atom is 0.263 e. The van der Waals surface area contributed by atoms with Crippen molar-refractivity contribution in [3.05, 3.63) is 59.9 Å². The Balaban J connectivity index is 1.43. The summed E-state index contributed by atoms with van der Waals surface area (Å²) in [7, 11) is 0. The van der Waals surface area contributed by atoms with Crippen LogP contribution in [0.15, 0.2) is 51.6 Å². The summed E-state index contributed by atoms with van der Waals surface area (Å²) in [5.41, 5.74) is 2.19. The Labute approximate surface area is 154 Å². The third-order valence-electron chi connectivity index (χ3n) is 5.19. The van der Waals surface area contributed by atoms with Crippen LogP contribution in [-0.2, 0) is 13.0 Å². The second kappa shape index (κ2) is 7.87. The fourth-order valence-corrected chi connectivity index (χ4v) is 3.73. The molecule has 1 fully saturated rings. The first kappa shape index (κ1) is 17.0. The molecule has 0 amide bonds. The number of likely N-dealkylation sites (tertiary alicyclic amines) is 1. The average molecular weight is 351 g/mol. The van der Waals surface area contributed by atoms with Crippen LogP contribution < -0.4 is 0 Å². The van der Waals surface area contributed by atoms with E-state index in [1.165, 1.54) is 25.0 Å². The molecule has 0 spiro atoms. The fourth-order valence-electron chi connectivity index (χ4n) is 3.73. The molecule has 1 atom stereocenters. The molecule has 1 aliphatic rings. The number of hydrogen-bond acceptors (Lipinski definition) is 5. The highest BCUT2D eigenvalue weighted by atomic mass is 16.4. The summed E-state index contributed by atoms with van der Waals surface area (Å²) in [6.07, 6.45) is 9.49. The molecular weight excluding hydrogens is 326 g/mol. The molecule has 3 aromatic rings. The summed E-state index contributed by atoms with van der Waals surface area (Å²) in [5.74, 6) is 2.14. The van der Waals surface area contributed by atoms with Crippen molar-refractivity contribution in [3.63, 3.8) is 0 Å². The topological polar surface area (TPSA) is 55.3 Å². The number of nitrogens with zero attached hydrogens (tertiary/aromatic N) is 3. The third kappa shape index (κ3) is 3.88. The Morgan fingerprint density at radius 1 is 1.19 bits per heavy atom. The molecule has 0 aromatic carbocycles. The first-order chi connectivity index (χ1) is 12.8. The van der Waals surface area contributed by atoms with Crippen molar-refractivity contribution in [2.24, 2.45) is 0 Å². The predicted molar refractivity (Wildman–Crippen MR) is 99.5 cm³/mol. The van der Waals surface area contributed by atoms with Gasteiger partial charge in [-0.1, -0.05) is 12.5 Å². The van der Waals surface area contributed by atoms with Crippen LogP contribution in [0.3, 0.4) is 0 Å². The standard InChI is InChI=1S/C21H25N3O2/c1-16-19(23-21(26-16)20-9-6-14-25-20)15-24-13-5-3-8-18(24)11-10-17-7-2-4-12-22-17/h2,4,6-7,9,12,14,18H,3,5,8,10-11,13,15H2,1H3/t18-/m1/s1. The summed E-state index contributed by atoms with van der Waals surface area (Å²) >= 11 is 0. The van der Waals surface area contributed by atoms with Crippen molar-refractivity contribution in [1.82, 2.24) is 14.9 Å². The number of hydrogen-bond donors (Lipinski definition) is 0. The summed E-state index contributed by atoms with van der Waals surface area (Å²) < 4.78 is 11.2. The molecule has 5 nitrogen and oxygen atoms in total. The molecule has 3 aromatic heterocycles. The zero-order chi connectivity index (χ0) is 17.8. The van der Waals surface area contributed by atoms with E-state index in [2.05, 4.69) is 27.0 Å². The number of pyridine rings is 1. The molecule has 1 saturated heterocycles. The summed E-state index contributed by atoms with van der Waals surface area (Å²) in [6.45, 7) is 3.94. The Morgan fingerprint density at radius 2 is 2.15 bits per heavy atom. The van der Waals surface area contributed by atoms with Gasteiger partial charge in [-0.25, -0.2) is 4.98 Å². The van der Waals surface area contributed by atoms with Crippen molar-refractivity contribution in [2.45, 2.75) is 51.6 Å². The van der Waals surface area contributed by atoms with Crippen LogP contribution in [0.1, 0.15) is 42.8 Å². The van der Waals surface area contributed by atoms with Crippen LogP contribution in [0.4, 0.5) is 0 Å². The van der Waals surface area contributed by atoms with Crippen LogP contribution in [0.2, 0.25) is 0 Å². The van der Waals surface area contributed by atoms with E-state index in [0.717, 1.165) is 37.4 Å². The molecular formula is C21H25N3O2. The van der Waals surface area contributed by atoms with Crippen molar-refractivity contribution < 1.29 is 8.83 Å². The molecule has 0 radical (unpaired) electrons. The second-order valence-corrected chi connectivity index (χ2v) is 6.98. The number of rotatable bonds is 6. The Morgan fingerprint density at radius 3 is 2.96 bits per heavy atom. The minimum Gasteiger partial charge on any atom is -0.459 e. The van der Waals surface area contributed by atoms with Crippen LogP contribution >= 0.6 is 0 Å². The van der Waals surface area contributed by atoms with Gasteiger partial charge >= 0.3 is 0 Å². The molecule has 4 heterocycles. The highest BCUT2D eigenvalue weighted by Gasteiger charge is 2.25. The monoisotopic (exact) mass is 351 g/mol. The van der Waals surface area contributed by atoms with Gasteiger partial charge in [0, 0.05) is 24.5 Å². The number of aryl methyl sites for hydroxylation is 2. The first-order valence-corrected chi connectivity index (χ1v) is 9.44. The lowest BCUT2D eigenvalue weighted by Gasteiger charge is -2.35. The van der Waals surface area contributed by atoms with Gasteiger partial charge in [0.05, 0.1) is 12.0 Å². The SMILES string of the molecule is Cc1oc(-c2ccco2)nc1CN1CCCC[C@@H]1CCc1ccccn1. The van der Waals surface area contributed by atoms with Crippen molar-refractivity contribution in [1.29, 1.82) is 0 Å². The van der Waals surface area contributed by atoms with E-state index >= 15 is 0 Å². The molecule has 136 valence electrons. The van der Waals surface area contributed by atoms with Gasteiger partial charge < -0.3 is 8.83 Å². The van der Waals surface area contributed by atoms with Gasteiger partial charge in [-0.2, -0.15) is 0 Å². The molecule has 0 bridgehead atoms. The fraction of sp³-hybridized carbons (Fsp3) is 0.429. The lowest BCUT2D eigenvalue weighted by Crippen LogP contribution is -2.39. The van der Waals surface area contributed by atoms with Gasteiger partial charge in [-0.3, -0.25) is 9.88 Å². The highest BCUT2D eigenvalue weighted by Crippen LogP contribution is 2.26. The molecule has 4 rings (SSSR count). The molecule has 0 N–H and O–H groups in total. The second-order valence-electron chi connectivity index (χ2n) is 6.98. The van der Waals surface area contributed by atoms with Crippen LogP contribution in [0, 0.1) is 6.92 Å². The smallest absolute Gasteiger partial charge is 0.263 e. The molecule has 0 saturated carbocycles. The van der Waals surface area contributed by atoms with E-state index in [-0.39, 0.29) is 0 Å². The average Bonchev–Trinajstić information content (AvgIpc) is 3.32. The minimum atomic E-state index is 0.574. The van der Waals surface area contributed by atoms with E-state index in [1.807, 2.05) is 31.3 Å². The van der Waals surface area contributed by atoms with Gasteiger partial charge in [-0.05, 0) is 63.4 Å². The molecule has 0 unspecified atom stereocenters. The predicted octanol–water partition coefficient (Wildman–Crippen LogP) is 4.63. The normalized spacial score (nSPS) is 18.3.